The van der Waals surface area contributed by atoms with Gasteiger partial charge >= 0.3 is 0 Å². The zero-order valence-electron chi connectivity index (χ0n) is 21.7. The average Bonchev–Trinajstić information content (AvgIpc) is 2.79. The molecule has 4 nitrogen and oxygen atoms in total. The van der Waals surface area contributed by atoms with E-state index in [1.807, 2.05) is 6.21 Å². The molecule has 0 aromatic carbocycles. The van der Waals surface area contributed by atoms with Crippen molar-refractivity contribution in [1.82, 2.24) is 5.43 Å². The number of carbonyl (C=O) groups excluding carboxylic acids is 1. The first-order valence-electron chi connectivity index (χ1n) is 14.2. The highest BCUT2D eigenvalue weighted by Gasteiger charge is 2.03. The molecule has 0 radical (unpaired) electrons. The molecule has 0 aromatic rings. The van der Waals surface area contributed by atoms with E-state index in [4.69, 9.17) is 0 Å². The van der Waals surface area contributed by atoms with Crippen molar-refractivity contribution >= 4 is 12.1 Å². The molecule has 0 rings (SSSR count). The normalized spacial score (nSPS) is 12.5. The monoisotopic (exact) mass is 452 g/mol. The summed E-state index contributed by atoms with van der Waals surface area (Å²) in [6.45, 7) is 4.47. The van der Waals surface area contributed by atoms with Crippen LogP contribution in [0.25, 0.3) is 0 Å². The topological polar surface area (TPSA) is 61.7 Å². The Hall–Kier alpha value is -0.900. The van der Waals surface area contributed by atoms with Crippen LogP contribution in [0.4, 0.5) is 0 Å². The number of aliphatic hydroxyl groups is 1. The van der Waals surface area contributed by atoms with Crippen LogP contribution in [-0.2, 0) is 4.79 Å². The number of unbranched alkanes of at least 4 members (excludes halogenated alkanes) is 17. The minimum atomic E-state index is -0.0809. The van der Waals surface area contributed by atoms with Crippen molar-refractivity contribution < 1.29 is 9.90 Å². The van der Waals surface area contributed by atoms with E-state index in [0.717, 1.165) is 38.5 Å². The highest BCUT2D eigenvalue weighted by atomic mass is 16.3. The molecule has 1 amide bonds. The number of hydrogen-bond acceptors (Lipinski definition) is 3. The summed E-state index contributed by atoms with van der Waals surface area (Å²) in [5.41, 5.74) is 2.66. The molecule has 0 fully saturated rings. The maximum atomic E-state index is 11.8. The van der Waals surface area contributed by atoms with Gasteiger partial charge in [-0.3, -0.25) is 4.79 Å². The van der Waals surface area contributed by atoms with E-state index < -0.39 is 0 Å². The number of carbonyl (C=O) groups is 1. The van der Waals surface area contributed by atoms with E-state index >= 15 is 0 Å². The first-order valence-corrected chi connectivity index (χ1v) is 14.2. The van der Waals surface area contributed by atoms with Gasteiger partial charge in [0.15, 0.2) is 0 Å². The molecule has 190 valence electrons. The van der Waals surface area contributed by atoms with Gasteiger partial charge in [-0.15, -0.1) is 0 Å². The van der Waals surface area contributed by atoms with Crippen molar-refractivity contribution in [1.29, 1.82) is 0 Å². The Morgan fingerprint density at radius 1 is 0.688 bits per heavy atom. The third-order valence-electron chi connectivity index (χ3n) is 6.30. The van der Waals surface area contributed by atoms with Crippen LogP contribution in [0.3, 0.4) is 0 Å². The zero-order valence-corrected chi connectivity index (χ0v) is 21.7. The second kappa shape index (κ2) is 26.4. The molecule has 0 aliphatic rings. The van der Waals surface area contributed by atoms with Crippen LogP contribution in [0.5, 0.6) is 0 Å². The molecule has 0 aliphatic carbocycles. The summed E-state index contributed by atoms with van der Waals surface area (Å²) in [5, 5.41) is 14.1. The van der Waals surface area contributed by atoms with Crippen LogP contribution in [0.2, 0.25) is 0 Å². The number of rotatable bonds is 25. The molecule has 1 unspecified atom stereocenters. The molecular weight excluding hydrogens is 396 g/mol. The van der Waals surface area contributed by atoms with E-state index in [1.54, 1.807) is 0 Å². The number of nitrogens with one attached hydrogen (secondary N) is 1. The first kappa shape index (κ1) is 31.1. The molecule has 0 saturated carbocycles. The molecule has 0 aromatic heterocycles. The summed E-state index contributed by atoms with van der Waals surface area (Å²) < 4.78 is 0. The predicted molar refractivity (Wildman–Crippen MR) is 140 cm³/mol. The van der Waals surface area contributed by atoms with Gasteiger partial charge in [-0.05, 0) is 32.1 Å². The third kappa shape index (κ3) is 25.4. The summed E-state index contributed by atoms with van der Waals surface area (Å²) in [6, 6.07) is 0. The second-order valence-corrected chi connectivity index (χ2v) is 9.63. The van der Waals surface area contributed by atoms with Crippen molar-refractivity contribution in [2.45, 2.75) is 168 Å². The number of hydrazone groups is 1. The Labute approximate surface area is 200 Å². The van der Waals surface area contributed by atoms with E-state index in [-0.39, 0.29) is 12.0 Å². The Bertz CT molecular complexity index is 412. The summed E-state index contributed by atoms with van der Waals surface area (Å²) >= 11 is 0. The minimum absolute atomic E-state index is 0.0501. The fourth-order valence-electron chi connectivity index (χ4n) is 4.11. The van der Waals surface area contributed by atoms with Gasteiger partial charge in [-0.25, -0.2) is 5.43 Å². The lowest BCUT2D eigenvalue weighted by Gasteiger charge is -2.10. The quantitative estimate of drug-likeness (QED) is 0.0828. The fourth-order valence-corrected chi connectivity index (χ4v) is 4.11. The Kier molecular flexibility index (Phi) is 25.6. The lowest BCUT2D eigenvalue weighted by molar-refractivity contribution is -0.121. The number of hydrogen-bond donors (Lipinski definition) is 2. The van der Waals surface area contributed by atoms with E-state index in [0.29, 0.717) is 6.42 Å². The molecule has 0 heterocycles. The molecule has 0 spiro atoms. The van der Waals surface area contributed by atoms with E-state index in [2.05, 4.69) is 24.4 Å². The standard InChI is InChI=1S/C28H56N2O2/c1-3-5-7-9-10-15-18-22-26-29-30-28(32)25-21-17-14-12-11-13-16-20-24-27(31)23-19-8-6-4-2/h26-27,31H,3-25H2,1-2H3,(H,30,32). The largest absolute Gasteiger partial charge is 0.393 e. The lowest BCUT2D eigenvalue weighted by Crippen LogP contribution is -2.16. The van der Waals surface area contributed by atoms with E-state index in [9.17, 15) is 9.90 Å². The smallest absolute Gasteiger partial charge is 0.240 e. The van der Waals surface area contributed by atoms with Gasteiger partial charge in [0.1, 0.15) is 0 Å². The van der Waals surface area contributed by atoms with Gasteiger partial charge in [0.05, 0.1) is 6.10 Å². The van der Waals surface area contributed by atoms with Crippen LogP contribution in [0.1, 0.15) is 162 Å². The summed E-state index contributed by atoms with van der Waals surface area (Å²) in [6.07, 6.45) is 29.0. The average molecular weight is 453 g/mol. The van der Waals surface area contributed by atoms with Crippen LogP contribution in [0, 0.1) is 0 Å². The molecule has 32 heavy (non-hydrogen) atoms. The number of nitrogens with zero attached hydrogens (tertiary/aromatic N) is 1. The molecule has 0 aliphatic heterocycles. The summed E-state index contributed by atoms with van der Waals surface area (Å²) in [4.78, 5) is 11.8. The lowest BCUT2D eigenvalue weighted by atomic mass is 10.0. The fraction of sp³-hybridized carbons (Fsp3) is 0.929. The van der Waals surface area contributed by atoms with Crippen molar-refractivity contribution in [3.63, 3.8) is 0 Å². The number of aliphatic hydroxyl groups excluding tert-OH is 1. The van der Waals surface area contributed by atoms with Gasteiger partial charge in [0, 0.05) is 12.6 Å². The van der Waals surface area contributed by atoms with Gasteiger partial charge in [0.2, 0.25) is 5.91 Å². The van der Waals surface area contributed by atoms with Crippen molar-refractivity contribution in [2.24, 2.45) is 5.10 Å². The first-order chi connectivity index (χ1) is 15.7. The Morgan fingerprint density at radius 3 is 1.69 bits per heavy atom. The third-order valence-corrected chi connectivity index (χ3v) is 6.30. The summed E-state index contributed by atoms with van der Waals surface area (Å²) in [5.74, 6) is 0.0501. The van der Waals surface area contributed by atoms with Gasteiger partial charge in [-0.2, -0.15) is 5.10 Å². The molecule has 1 atom stereocenters. The maximum absolute atomic E-state index is 11.8. The van der Waals surface area contributed by atoms with Crippen LogP contribution >= 0.6 is 0 Å². The molecule has 4 heteroatoms. The zero-order chi connectivity index (χ0) is 23.5. The molecule has 2 N–H and O–H groups in total. The van der Waals surface area contributed by atoms with Crippen LogP contribution in [0.15, 0.2) is 5.10 Å². The number of amides is 1. The van der Waals surface area contributed by atoms with Crippen molar-refractivity contribution in [3.8, 4) is 0 Å². The van der Waals surface area contributed by atoms with Gasteiger partial charge in [0.25, 0.3) is 0 Å². The SMILES string of the molecule is CCCCCCCCCC=NNC(=O)CCCCCCCCCCC(O)CCCCCC. The van der Waals surface area contributed by atoms with Crippen LogP contribution < -0.4 is 5.43 Å². The maximum Gasteiger partial charge on any atom is 0.240 e. The highest BCUT2D eigenvalue weighted by molar-refractivity contribution is 5.76. The van der Waals surface area contributed by atoms with Crippen LogP contribution in [-0.4, -0.2) is 23.3 Å². The van der Waals surface area contributed by atoms with Gasteiger partial charge in [-0.1, -0.05) is 123 Å². The predicted octanol–water partition coefficient (Wildman–Crippen LogP) is 8.46. The van der Waals surface area contributed by atoms with E-state index in [1.165, 1.54) is 103 Å². The molecular formula is C28H56N2O2. The van der Waals surface area contributed by atoms with Crippen molar-refractivity contribution in [3.05, 3.63) is 0 Å². The van der Waals surface area contributed by atoms with Crippen molar-refractivity contribution in [2.75, 3.05) is 0 Å². The minimum Gasteiger partial charge on any atom is -0.393 e. The molecule has 0 bridgehead atoms. The summed E-state index contributed by atoms with van der Waals surface area (Å²) in [7, 11) is 0. The van der Waals surface area contributed by atoms with Gasteiger partial charge < -0.3 is 5.11 Å². The second-order valence-electron chi connectivity index (χ2n) is 9.63. The highest BCUT2D eigenvalue weighted by Crippen LogP contribution is 2.14. The Morgan fingerprint density at radius 2 is 1.12 bits per heavy atom. The Balaban J connectivity index is 3.29. The molecule has 0 saturated heterocycles.